The number of furan rings is 1. The van der Waals surface area contributed by atoms with E-state index in [1.54, 1.807) is 0 Å². The standard InChI is InChI=1S/C17H21BrN2O2.ClH/c1-2-19-11-12-5-7-20(8-6-12)17(21)16-10-13-9-14(18)3-4-15(13)22-16;/h3-4,9-10,12,19H,2,5-8,11H2,1H3;1H. The molecule has 1 fully saturated rings. The van der Waals surface area contributed by atoms with Gasteiger partial charge in [0.1, 0.15) is 5.58 Å². The average molecular weight is 402 g/mol. The maximum atomic E-state index is 12.6. The Morgan fingerprint density at radius 1 is 1.35 bits per heavy atom. The summed E-state index contributed by atoms with van der Waals surface area (Å²) in [4.78, 5) is 14.5. The number of hydrogen-bond donors (Lipinski definition) is 1. The quantitative estimate of drug-likeness (QED) is 0.839. The van der Waals surface area contributed by atoms with Crippen molar-refractivity contribution in [1.82, 2.24) is 10.2 Å². The van der Waals surface area contributed by atoms with Gasteiger partial charge in [-0.05, 0) is 56.1 Å². The van der Waals surface area contributed by atoms with E-state index in [1.165, 1.54) is 0 Å². The Morgan fingerprint density at radius 2 is 2.09 bits per heavy atom. The fourth-order valence-corrected chi connectivity index (χ4v) is 3.34. The van der Waals surface area contributed by atoms with Gasteiger partial charge in [0.25, 0.3) is 5.91 Å². The van der Waals surface area contributed by atoms with Crippen molar-refractivity contribution in [1.29, 1.82) is 0 Å². The summed E-state index contributed by atoms with van der Waals surface area (Å²) in [5.41, 5.74) is 0.758. The van der Waals surface area contributed by atoms with Crippen LogP contribution in [0, 0.1) is 5.92 Å². The van der Waals surface area contributed by atoms with Gasteiger partial charge in [-0.1, -0.05) is 22.9 Å². The number of amides is 1. The molecular formula is C17H22BrClN2O2. The molecule has 0 saturated carbocycles. The van der Waals surface area contributed by atoms with Crippen molar-refractivity contribution in [2.24, 2.45) is 5.92 Å². The highest BCUT2D eigenvalue weighted by Gasteiger charge is 2.25. The molecule has 0 unspecified atom stereocenters. The first-order chi connectivity index (χ1) is 10.7. The first-order valence-corrected chi connectivity index (χ1v) is 8.65. The van der Waals surface area contributed by atoms with Gasteiger partial charge in [-0.2, -0.15) is 0 Å². The molecule has 3 rings (SSSR count). The third kappa shape index (κ3) is 4.28. The number of nitrogens with one attached hydrogen (secondary N) is 1. The van der Waals surface area contributed by atoms with Crippen LogP contribution in [0.5, 0.6) is 0 Å². The molecule has 1 amide bonds. The van der Waals surface area contributed by atoms with E-state index >= 15 is 0 Å². The minimum atomic E-state index is 0. The fourth-order valence-electron chi connectivity index (χ4n) is 2.96. The first-order valence-electron chi connectivity index (χ1n) is 7.86. The first kappa shape index (κ1) is 18.3. The number of rotatable bonds is 4. The summed E-state index contributed by atoms with van der Waals surface area (Å²) in [5.74, 6) is 1.13. The van der Waals surface area contributed by atoms with Crippen LogP contribution in [-0.4, -0.2) is 37.0 Å². The summed E-state index contributed by atoms with van der Waals surface area (Å²) < 4.78 is 6.70. The highest BCUT2D eigenvalue weighted by molar-refractivity contribution is 9.10. The van der Waals surface area contributed by atoms with Crippen LogP contribution < -0.4 is 5.32 Å². The maximum absolute atomic E-state index is 12.6. The van der Waals surface area contributed by atoms with Gasteiger partial charge in [0.05, 0.1) is 0 Å². The van der Waals surface area contributed by atoms with Crippen LogP contribution in [0.1, 0.15) is 30.3 Å². The van der Waals surface area contributed by atoms with Crippen LogP contribution in [0.25, 0.3) is 11.0 Å². The van der Waals surface area contributed by atoms with E-state index in [4.69, 9.17) is 4.42 Å². The van der Waals surface area contributed by atoms with Crippen LogP contribution in [-0.2, 0) is 0 Å². The Labute approximate surface area is 151 Å². The third-order valence-corrected chi connectivity index (χ3v) is 4.77. The zero-order valence-corrected chi connectivity index (χ0v) is 15.6. The molecular weight excluding hydrogens is 380 g/mol. The molecule has 6 heteroatoms. The molecule has 1 aromatic heterocycles. The second kappa shape index (κ2) is 8.18. The lowest BCUT2D eigenvalue weighted by Gasteiger charge is -2.31. The minimum Gasteiger partial charge on any atom is -0.451 e. The Morgan fingerprint density at radius 3 is 2.78 bits per heavy atom. The maximum Gasteiger partial charge on any atom is 0.289 e. The second-order valence-electron chi connectivity index (χ2n) is 5.84. The molecule has 126 valence electrons. The smallest absolute Gasteiger partial charge is 0.289 e. The monoisotopic (exact) mass is 400 g/mol. The van der Waals surface area contributed by atoms with Crippen molar-refractivity contribution in [3.63, 3.8) is 0 Å². The lowest BCUT2D eigenvalue weighted by Crippen LogP contribution is -2.40. The van der Waals surface area contributed by atoms with Crippen molar-refractivity contribution in [2.75, 3.05) is 26.2 Å². The summed E-state index contributed by atoms with van der Waals surface area (Å²) in [6.07, 6.45) is 2.12. The highest BCUT2D eigenvalue weighted by atomic mass is 79.9. The zero-order valence-electron chi connectivity index (χ0n) is 13.2. The summed E-state index contributed by atoms with van der Waals surface area (Å²) in [7, 11) is 0. The minimum absolute atomic E-state index is 0. The van der Waals surface area contributed by atoms with Gasteiger partial charge in [0.15, 0.2) is 5.76 Å². The normalized spacial score (nSPS) is 15.7. The highest BCUT2D eigenvalue weighted by Crippen LogP contribution is 2.25. The van der Waals surface area contributed by atoms with Crippen molar-refractivity contribution in [3.05, 3.63) is 34.5 Å². The molecule has 1 aliphatic heterocycles. The van der Waals surface area contributed by atoms with E-state index in [0.29, 0.717) is 11.7 Å². The Balaban J connectivity index is 0.00000192. The van der Waals surface area contributed by atoms with Crippen LogP contribution in [0.2, 0.25) is 0 Å². The van der Waals surface area contributed by atoms with Gasteiger partial charge in [0.2, 0.25) is 0 Å². The number of nitrogens with zero attached hydrogens (tertiary/aromatic N) is 1. The third-order valence-electron chi connectivity index (χ3n) is 4.27. The predicted octanol–water partition coefficient (Wildman–Crippen LogP) is 4.08. The van der Waals surface area contributed by atoms with Gasteiger partial charge in [-0.15, -0.1) is 12.4 Å². The number of hydrogen-bond acceptors (Lipinski definition) is 3. The van der Waals surface area contributed by atoms with E-state index in [-0.39, 0.29) is 18.3 Å². The number of benzene rings is 1. The van der Waals surface area contributed by atoms with Crippen molar-refractivity contribution in [3.8, 4) is 0 Å². The molecule has 1 N–H and O–H groups in total. The largest absolute Gasteiger partial charge is 0.451 e. The van der Waals surface area contributed by atoms with Crippen LogP contribution in [0.3, 0.4) is 0 Å². The average Bonchev–Trinajstić information content (AvgIpc) is 2.95. The Hall–Kier alpha value is -1.04. The van der Waals surface area contributed by atoms with Crippen LogP contribution >= 0.6 is 28.3 Å². The SMILES string of the molecule is CCNCC1CCN(C(=O)c2cc3cc(Br)ccc3o2)CC1.Cl. The summed E-state index contributed by atoms with van der Waals surface area (Å²) in [6, 6.07) is 7.62. The number of carbonyl (C=O) groups is 1. The van der Waals surface area contributed by atoms with Gasteiger partial charge in [-0.3, -0.25) is 4.79 Å². The summed E-state index contributed by atoms with van der Waals surface area (Å²) in [6.45, 7) is 5.81. The van der Waals surface area contributed by atoms with E-state index < -0.39 is 0 Å². The Bertz CT molecular complexity index is 666. The van der Waals surface area contributed by atoms with E-state index in [0.717, 1.165) is 54.5 Å². The topological polar surface area (TPSA) is 45.5 Å². The zero-order chi connectivity index (χ0) is 15.5. The van der Waals surface area contributed by atoms with E-state index in [2.05, 4.69) is 28.2 Å². The molecule has 2 aromatic rings. The number of carbonyl (C=O) groups excluding carboxylic acids is 1. The lowest BCUT2D eigenvalue weighted by atomic mass is 9.96. The van der Waals surface area contributed by atoms with E-state index in [9.17, 15) is 4.79 Å². The second-order valence-corrected chi connectivity index (χ2v) is 6.75. The molecule has 1 saturated heterocycles. The van der Waals surface area contributed by atoms with E-state index in [1.807, 2.05) is 29.2 Å². The molecule has 23 heavy (non-hydrogen) atoms. The van der Waals surface area contributed by atoms with Gasteiger partial charge in [-0.25, -0.2) is 0 Å². The molecule has 4 nitrogen and oxygen atoms in total. The fraction of sp³-hybridized carbons (Fsp3) is 0.471. The van der Waals surface area contributed by atoms with Crippen LogP contribution in [0.15, 0.2) is 33.2 Å². The van der Waals surface area contributed by atoms with Gasteiger partial charge in [0, 0.05) is 22.9 Å². The van der Waals surface area contributed by atoms with Crippen LogP contribution in [0.4, 0.5) is 0 Å². The van der Waals surface area contributed by atoms with Gasteiger partial charge >= 0.3 is 0 Å². The molecule has 0 radical (unpaired) electrons. The summed E-state index contributed by atoms with van der Waals surface area (Å²) in [5, 5.41) is 4.35. The molecule has 0 aliphatic carbocycles. The number of piperidine rings is 1. The lowest BCUT2D eigenvalue weighted by molar-refractivity contribution is 0.0660. The summed E-state index contributed by atoms with van der Waals surface area (Å²) >= 11 is 3.44. The Kier molecular flexibility index (Phi) is 6.50. The molecule has 1 aromatic carbocycles. The number of fused-ring (bicyclic) bond motifs is 1. The molecule has 0 bridgehead atoms. The molecule has 1 aliphatic rings. The molecule has 0 spiro atoms. The van der Waals surface area contributed by atoms with Crippen molar-refractivity contribution < 1.29 is 9.21 Å². The van der Waals surface area contributed by atoms with Crippen molar-refractivity contribution >= 4 is 45.2 Å². The molecule has 0 atom stereocenters. The number of halogens is 2. The molecule has 2 heterocycles. The predicted molar refractivity (Wildman–Crippen MR) is 98.3 cm³/mol. The van der Waals surface area contributed by atoms with Gasteiger partial charge < -0.3 is 14.6 Å². The van der Waals surface area contributed by atoms with Crippen molar-refractivity contribution in [2.45, 2.75) is 19.8 Å². The number of likely N-dealkylation sites (tertiary alicyclic amines) is 1.